The summed E-state index contributed by atoms with van der Waals surface area (Å²) in [7, 11) is 4.55. The van der Waals surface area contributed by atoms with Crippen molar-refractivity contribution in [2.75, 3.05) is 26.6 Å². The first-order valence-electron chi connectivity index (χ1n) is 9.02. The Morgan fingerprint density at radius 2 is 1.79 bits per heavy atom. The molecule has 148 valence electrons. The smallest absolute Gasteiger partial charge is 0.257 e. The highest BCUT2D eigenvalue weighted by atomic mass is 32.1. The molecule has 1 atom stereocenters. The van der Waals surface area contributed by atoms with Crippen LogP contribution in [0.1, 0.15) is 42.1 Å². The summed E-state index contributed by atoms with van der Waals surface area (Å²) < 4.78 is 17.0. The van der Waals surface area contributed by atoms with Crippen molar-refractivity contribution in [1.82, 2.24) is 4.98 Å². The molecule has 0 aliphatic rings. The number of hydrogen-bond donors (Lipinski definition) is 1. The Labute approximate surface area is 168 Å². The highest BCUT2D eigenvalue weighted by Crippen LogP contribution is 2.38. The second-order valence-corrected chi connectivity index (χ2v) is 7.45. The molecule has 1 amide bonds. The average Bonchev–Trinajstić information content (AvgIpc) is 3.13. The van der Waals surface area contributed by atoms with Gasteiger partial charge in [0.15, 0.2) is 16.6 Å². The molecule has 7 heteroatoms. The van der Waals surface area contributed by atoms with Gasteiger partial charge in [-0.05, 0) is 42.2 Å². The summed E-state index contributed by atoms with van der Waals surface area (Å²) in [6, 6.07) is 9.48. The first-order chi connectivity index (χ1) is 13.5. The highest BCUT2D eigenvalue weighted by Gasteiger charge is 2.18. The maximum atomic E-state index is 12.8. The molecule has 0 bridgehead atoms. The molecule has 0 aliphatic heterocycles. The fraction of sp³-hybridized carbons (Fsp3) is 0.333. The average molecular weight is 401 g/mol. The number of thiazole rings is 1. The van der Waals surface area contributed by atoms with Gasteiger partial charge in [-0.25, -0.2) is 4.98 Å². The number of benzene rings is 2. The van der Waals surface area contributed by atoms with Gasteiger partial charge in [-0.2, -0.15) is 0 Å². The van der Waals surface area contributed by atoms with Crippen LogP contribution in [0.4, 0.5) is 5.13 Å². The first-order valence-corrected chi connectivity index (χ1v) is 9.84. The van der Waals surface area contributed by atoms with E-state index >= 15 is 0 Å². The number of hydrogen-bond acceptors (Lipinski definition) is 6. The predicted molar refractivity (Wildman–Crippen MR) is 112 cm³/mol. The number of fused-ring (bicyclic) bond motifs is 1. The zero-order chi connectivity index (χ0) is 20.3. The second-order valence-electron chi connectivity index (χ2n) is 6.42. The van der Waals surface area contributed by atoms with Gasteiger partial charge in [0.2, 0.25) is 5.75 Å². The molecular weight excluding hydrogens is 376 g/mol. The molecule has 3 rings (SSSR count). The highest BCUT2D eigenvalue weighted by molar-refractivity contribution is 7.22. The summed E-state index contributed by atoms with van der Waals surface area (Å²) in [6.07, 6.45) is 1.08. The van der Waals surface area contributed by atoms with Gasteiger partial charge in [-0.15, -0.1) is 0 Å². The van der Waals surface area contributed by atoms with Crippen LogP contribution in [0.5, 0.6) is 17.2 Å². The minimum absolute atomic E-state index is 0.291. The summed E-state index contributed by atoms with van der Waals surface area (Å²) in [5.41, 5.74) is 2.55. The predicted octanol–water partition coefficient (Wildman–Crippen LogP) is 5.09. The van der Waals surface area contributed by atoms with Gasteiger partial charge in [-0.3, -0.25) is 10.1 Å². The summed E-state index contributed by atoms with van der Waals surface area (Å²) in [6.45, 7) is 4.37. The lowest BCUT2D eigenvalue weighted by Gasteiger charge is -2.13. The number of carbonyl (C=O) groups excluding carboxylic acids is 1. The maximum Gasteiger partial charge on any atom is 0.257 e. The zero-order valence-electron chi connectivity index (χ0n) is 16.7. The SMILES string of the molecule is CCC(C)c1ccc2nc(NC(=O)c3cc(OC)c(OC)c(OC)c3)sc2c1. The Morgan fingerprint density at radius 3 is 2.36 bits per heavy atom. The molecule has 0 radical (unpaired) electrons. The van der Waals surface area contributed by atoms with E-state index in [4.69, 9.17) is 14.2 Å². The monoisotopic (exact) mass is 400 g/mol. The zero-order valence-corrected chi connectivity index (χ0v) is 17.5. The largest absolute Gasteiger partial charge is 0.493 e. The molecule has 6 nitrogen and oxygen atoms in total. The Bertz CT molecular complexity index is 974. The van der Waals surface area contributed by atoms with Crippen molar-refractivity contribution in [1.29, 1.82) is 0 Å². The van der Waals surface area contributed by atoms with Crippen molar-refractivity contribution >= 4 is 32.6 Å². The van der Waals surface area contributed by atoms with Crippen LogP contribution in [0.3, 0.4) is 0 Å². The van der Waals surface area contributed by atoms with Crippen LogP contribution >= 0.6 is 11.3 Å². The number of nitrogens with one attached hydrogen (secondary N) is 1. The molecule has 0 fully saturated rings. The summed E-state index contributed by atoms with van der Waals surface area (Å²) in [5.74, 6) is 1.49. The molecule has 28 heavy (non-hydrogen) atoms. The topological polar surface area (TPSA) is 69.7 Å². The van der Waals surface area contributed by atoms with E-state index in [2.05, 4.69) is 36.3 Å². The molecular formula is C21H24N2O4S. The minimum atomic E-state index is -0.291. The van der Waals surface area contributed by atoms with Gasteiger partial charge in [0.25, 0.3) is 5.91 Å². The van der Waals surface area contributed by atoms with E-state index in [-0.39, 0.29) is 5.91 Å². The lowest BCUT2D eigenvalue weighted by Crippen LogP contribution is -2.12. The Morgan fingerprint density at radius 1 is 1.11 bits per heavy atom. The van der Waals surface area contributed by atoms with Crippen molar-refractivity contribution in [3.63, 3.8) is 0 Å². The van der Waals surface area contributed by atoms with Crippen LogP contribution < -0.4 is 19.5 Å². The molecule has 0 saturated heterocycles. The molecule has 0 spiro atoms. The van der Waals surface area contributed by atoms with Gasteiger partial charge in [0.1, 0.15) is 0 Å². The second kappa shape index (κ2) is 8.48. The minimum Gasteiger partial charge on any atom is -0.493 e. The van der Waals surface area contributed by atoms with E-state index in [0.29, 0.717) is 33.9 Å². The van der Waals surface area contributed by atoms with Crippen molar-refractivity contribution in [3.05, 3.63) is 41.5 Å². The third-order valence-electron chi connectivity index (χ3n) is 4.74. The molecule has 0 saturated carbocycles. The van der Waals surface area contributed by atoms with Crippen molar-refractivity contribution < 1.29 is 19.0 Å². The fourth-order valence-corrected chi connectivity index (χ4v) is 3.83. The van der Waals surface area contributed by atoms with Crippen LogP contribution in [0, 0.1) is 0 Å². The number of nitrogens with zero attached hydrogens (tertiary/aromatic N) is 1. The van der Waals surface area contributed by atoms with E-state index in [1.165, 1.54) is 38.2 Å². The number of amides is 1. The Balaban J connectivity index is 1.88. The van der Waals surface area contributed by atoms with Crippen LogP contribution in [0.25, 0.3) is 10.2 Å². The van der Waals surface area contributed by atoms with E-state index in [0.717, 1.165) is 16.6 Å². The number of aromatic nitrogens is 1. The molecule has 1 aromatic heterocycles. The normalized spacial score (nSPS) is 11.9. The molecule has 3 aromatic rings. The van der Waals surface area contributed by atoms with Crippen LogP contribution in [-0.2, 0) is 0 Å². The van der Waals surface area contributed by atoms with Crippen molar-refractivity contribution in [3.8, 4) is 17.2 Å². The van der Waals surface area contributed by atoms with E-state index < -0.39 is 0 Å². The van der Waals surface area contributed by atoms with Crippen LogP contribution in [0.15, 0.2) is 30.3 Å². The standard InChI is InChI=1S/C21H24N2O4S/c1-6-12(2)13-7-8-15-18(11-13)28-21(22-15)23-20(24)14-9-16(25-3)19(27-5)17(10-14)26-4/h7-12H,6H2,1-5H3,(H,22,23,24). The van der Waals surface area contributed by atoms with E-state index in [9.17, 15) is 4.79 Å². The number of carbonyl (C=O) groups is 1. The molecule has 2 aromatic carbocycles. The molecule has 1 unspecified atom stereocenters. The first kappa shape index (κ1) is 19.9. The third-order valence-corrected chi connectivity index (χ3v) is 5.67. The Kier molecular flexibility index (Phi) is 6.04. The lowest BCUT2D eigenvalue weighted by atomic mass is 9.99. The van der Waals surface area contributed by atoms with Gasteiger partial charge >= 0.3 is 0 Å². The van der Waals surface area contributed by atoms with Gasteiger partial charge in [0.05, 0.1) is 31.5 Å². The Hall–Kier alpha value is -2.80. The summed E-state index contributed by atoms with van der Waals surface area (Å²) in [4.78, 5) is 17.3. The number of ether oxygens (including phenoxy) is 3. The fourth-order valence-electron chi connectivity index (χ4n) is 2.92. The van der Waals surface area contributed by atoms with Crippen LogP contribution in [-0.4, -0.2) is 32.2 Å². The van der Waals surface area contributed by atoms with Crippen molar-refractivity contribution in [2.24, 2.45) is 0 Å². The van der Waals surface area contributed by atoms with Gasteiger partial charge in [-0.1, -0.05) is 31.3 Å². The molecule has 1 heterocycles. The molecule has 1 N–H and O–H groups in total. The van der Waals surface area contributed by atoms with E-state index in [1.54, 1.807) is 12.1 Å². The molecule has 0 aliphatic carbocycles. The van der Waals surface area contributed by atoms with Gasteiger partial charge in [0, 0.05) is 5.56 Å². The number of methoxy groups -OCH3 is 3. The van der Waals surface area contributed by atoms with Gasteiger partial charge < -0.3 is 14.2 Å². The summed E-state index contributed by atoms with van der Waals surface area (Å²) >= 11 is 1.46. The quantitative estimate of drug-likeness (QED) is 0.598. The van der Waals surface area contributed by atoms with Crippen molar-refractivity contribution in [2.45, 2.75) is 26.2 Å². The van der Waals surface area contributed by atoms with E-state index in [1.807, 2.05) is 6.07 Å². The summed E-state index contributed by atoms with van der Waals surface area (Å²) in [5, 5.41) is 3.42. The maximum absolute atomic E-state index is 12.8. The lowest BCUT2D eigenvalue weighted by molar-refractivity contribution is 0.102. The van der Waals surface area contributed by atoms with Crippen LogP contribution in [0.2, 0.25) is 0 Å². The number of rotatable bonds is 7. The third kappa shape index (κ3) is 3.89. The number of anilines is 1.